The van der Waals surface area contributed by atoms with Crippen LogP contribution in [0, 0.1) is 11.2 Å². The number of halogens is 1. The Labute approximate surface area is 120 Å². The van der Waals surface area contributed by atoms with Gasteiger partial charge >= 0.3 is 0 Å². The van der Waals surface area contributed by atoms with Crippen LogP contribution in [0.1, 0.15) is 40.0 Å². The number of nitrogens with zero attached hydrogens (tertiary/aromatic N) is 2. The first kappa shape index (κ1) is 16.6. The third-order valence-electron chi connectivity index (χ3n) is 3.74. The first-order chi connectivity index (χ1) is 9.60. The number of rotatable bonds is 9. The summed E-state index contributed by atoms with van der Waals surface area (Å²) in [5.74, 6) is 0.114. The zero-order valence-corrected chi connectivity index (χ0v) is 12.5. The molecule has 0 aliphatic carbocycles. The molecule has 0 bridgehead atoms. The van der Waals surface area contributed by atoms with E-state index in [9.17, 15) is 9.50 Å². The van der Waals surface area contributed by atoms with Crippen molar-refractivity contribution in [3.8, 4) is 0 Å². The van der Waals surface area contributed by atoms with E-state index >= 15 is 0 Å². The molecule has 0 unspecified atom stereocenters. The van der Waals surface area contributed by atoms with Crippen molar-refractivity contribution in [2.45, 2.75) is 40.0 Å². The van der Waals surface area contributed by atoms with Gasteiger partial charge in [-0.2, -0.15) is 4.98 Å². The van der Waals surface area contributed by atoms with Crippen molar-refractivity contribution in [1.29, 1.82) is 0 Å². The molecule has 1 heterocycles. The fourth-order valence-electron chi connectivity index (χ4n) is 1.86. The van der Waals surface area contributed by atoms with E-state index in [4.69, 9.17) is 0 Å². The predicted molar refractivity (Wildman–Crippen MR) is 79.4 cm³/mol. The normalized spacial score (nSPS) is 11.4. The van der Waals surface area contributed by atoms with Crippen molar-refractivity contribution in [1.82, 2.24) is 9.97 Å². The van der Waals surface area contributed by atoms with Crippen LogP contribution in [0.25, 0.3) is 0 Å². The van der Waals surface area contributed by atoms with Gasteiger partial charge in [0, 0.05) is 18.5 Å². The van der Waals surface area contributed by atoms with Gasteiger partial charge in [-0.3, -0.25) is 0 Å². The maximum Gasteiger partial charge on any atom is 0.224 e. The van der Waals surface area contributed by atoms with Gasteiger partial charge in [-0.1, -0.05) is 20.8 Å². The van der Waals surface area contributed by atoms with E-state index in [1.165, 1.54) is 0 Å². The van der Waals surface area contributed by atoms with E-state index in [2.05, 4.69) is 20.6 Å². The molecule has 0 saturated carbocycles. The van der Waals surface area contributed by atoms with Crippen LogP contribution in [0.4, 0.5) is 16.2 Å². The van der Waals surface area contributed by atoms with E-state index in [0.717, 1.165) is 32.0 Å². The molecule has 0 aliphatic rings. The predicted octanol–water partition coefficient (Wildman–Crippen LogP) is 2.65. The summed E-state index contributed by atoms with van der Waals surface area (Å²) in [6.45, 7) is 7.37. The summed E-state index contributed by atoms with van der Waals surface area (Å²) in [6.07, 6.45) is 3.75. The average molecular weight is 284 g/mol. The zero-order chi connectivity index (χ0) is 15.0. The van der Waals surface area contributed by atoms with Crippen molar-refractivity contribution in [2.75, 3.05) is 30.3 Å². The van der Waals surface area contributed by atoms with Crippen molar-refractivity contribution >= 4 is 11.8 Å². The average Bonchev–Trinajstić information content (AvgIpc) is 2.49. The monoisotopic (exact) mass is 284 g/mol. The summed E-state index contributed by atoms with van der Waals surface area (Å²) in [5.41, 5.74) is -0.242. The molecule has 0 aromatic carbocycles. The van der Waals surface area contributed by atoms with Gasteiger partial charge < -0.3 is 15.7 Å². The Bertz CT molecular complexity index is 402. The van der Waals surface area contributed by atoms with Gasteiger partial charge in [0.05, 0.1) is 12.8 Å². The number of aliphatic hydroxyl groups excluding tert-OH is 1. The lowest BCUT2D eigenvalue weighted by molar-refractivity contribution is 0.127. The zero-order valence-electron chi connectivity index (χ0n) is 12.5. The quantitative estimate of drug-likeness (QED) is 0.650. The van der Waals surface area contributed by atoms with Gasteiger partial charge in [-0.05, 0) is 19.3 Å². The maximum atomic E-state index is 13.7. The smallest absolute Gasteiger partial charge is 0.224 e. The molecular weight excluding hydrogens is 259 g/mol. The Hall–Kier alpha value is -1.43. The molecule has 0 spiro atoms. The Morgan fingerprint density at radius 2 is 1.95 bits per heavy atom. The summed E-state index contributed by atoms with van der Waals surface area (Å²) in [7, 11) is 0. The lowest BCUT2D eigenvalue weighted by Crippen LogP contribution is -2.32. The summed E-state index contributed by atoms with van der Waals surface area (Å²) in [6, 6.07) is 0. The molecule has 114 valence electrons. The van der Waals surface area contributed by atoms with Crippen LogP contribution < -0.4 is 10.6 Å². The topological polar surface area (TPSA) is 70.1 Å². The van der Waals surface area contributed by atoms with Crippen LogP contribution in [0.5, 0.6) is 0 Å². The second-order valence-electron chi connectivity index (χ2n) is 5.04. The van der Waals surface area contributed by atoms with Crippen LogP contribution in [0.15, 0.2) is 6.20 Å². The summed E-state index contributed by atoms with van der Waals surface area (Å²) >= 11 is 0. The van der Waals surface area contributed by atoms with Crippen LogP contribution in [0.3, 0.4) is 0 Å². The number of nitrogens with one attached hydrogen (secondary N) is 2. The minimum Gasteiger partial charge on any atom is -0.396 e. The molecule has 0 aliphatic heterocycles. The fraction of sp³-hybridized carbons (Fsp3) is 0.714. The second-order valence-corrected chi connectivity index (χ2v) is 5.04. The van der Waals surface area contributed by atoms with E-state index in [1.807, 2.05) is 20.8 Å². The standard InChI is InChI=1S/C14H25FN4O/c1-4-7-16-13-17-8-11(15)12(19-13)18-9-14(5-2,6-3)10-20/h8,20H,4-7,9-10H2,1-3H3,(H2,16,17,18,19). The van der Waals surface area contributed by atoms with Gasteiger partial charge in [-0.25, -0.2) is 9.37 Å². The molecule has 1 aromatic heterocycles. The number of anilines is 2. The minimum absolute atomic E-state index is 0.0701. The van der Waals surface area contributed by atoms with E-state index < -0.39 is 5.82 Å². The summed E-state index contributed by atoms with van der Waals surface area (Å²) < 4.78 is 13.7. The molecule has 6 heteroatoms. The maximum absolute atomic E-state index is 13.7. The molecule has 3 N–H and O–H groups in total. The molecule has 20 heavy (non-hydrogen) atoms. The van der Waals surface area contributed by atoms with Crippen LogP contribution in [-0.2, 0) is 0 Å². The van der Waals surface area contributed by atoms with Gasteiger partial charge in [0.15, 0.2) is 11.6 Å². The number of hydrogen-bond donors (Lipinski definition) is 3. The molecule has 0 amide bonds. The largest absolute Gasteiger partial charge is 0.396 e. The first-order valence-electron chi connectivity index (χ1n) is 7.22. The highest BCUT2D eigenvalue weighted by Crippen LogP contribution is 2.26. The number of aromatic nitrogens is 2. The van der Waals surface area contributed by atoms with Crippen LogP contribution >= 0.6 is 0 Å². The fourth-order valence-corrected chi connectivity index (χ4v) is 1.86. The molecule has 1 aromatic rings. The molecule has 1 rings (SSSR count). The Kier molecular flexibility index (Phi) is 6.64. The third-order valence-corrected chi connectivity index (χ3v) is 3.74. The third kappa shape index (κ3) is 4.30. The van der Waals surface area contributed by atoms with E-state index in [1.54, 1.807) is 0 Å². The van der Waals surface area contributed by atoms with E-state index in [0.29, 0.717) is 12.5 Å². The molecule has 0 fully saturated rings. The van der Waals surface area contributed by atoms with Gasteiger partial charge in [0.2, 0.25) is 5.95 Å². The van der Waals surface area contributed by atoms with Crippen molar-refractivity contribution in [2.24, 2.45) is 5.41 Å². The van der Waals surface area contributed by atoms with Gasteiger partial charge in [0.1, 0.15) is 0 Å². The molecule has 5 nitrogen and oxygen atoms in total. The summed E-state index contributed by atoms with van der Waals surface area (Å²) in [4.78, 5) is 8.02. The highest BCUT2D eigenvalue weighted by atomic mass is 19.1. The lowest BCUT2D eigenvalue weighted by Gasteiger charge is -2.29. The molecular formula is C14H25FN4O. The Morgan fingerprint density at radius 1 is 1.25 bits per heavy atom. The lowest BCUT2D eigenvalue weighted by atomic mass is 9.83. The molecule has 0 saturated heterocycles. The van der Waals surface area contributed by atoms with Crippen LogP contribution in [-0.4, -0.2) is 34.8 Å². The van der Waals surface area contributed by atoms with Crippen molar-refractivity contribution in [3.63, 3.8) is 0 Å². The SMILES string of the molecule is CCCNc1ncc(F)c(NCC(CC)(CC)CO)n1. The summed E-state index contributed by atoms with van der Waals surface area (Å²) in [5, 5.41) is 15.5. The Balaban J connectivity index is 2.75. The minimum atomic E-state index is -0.480. The second kappa shape index (κ2) is 7.99. The highest BCUT2D eigenvalue weighted by molar-refractivity contribution is 5.41. The Morgan fingerprint density at radius 3 is 2.50 bits per heavy atom. The van der Waals surface area contributed by atoms with Crippen molar-refractivity contribution < 1.29 is 9.50 Å². The molecule has 0 radical (unpaired) electrons. The molecule has 0 atom stereocenters. The highest BCUT2D eigenvalue weighted by Gasteiger charge is 2.25. The van der Waals surface area contributed by atoms with E-state index in [-0.39, 0.29) is 17.8 Å². The van der Waals surface area contributed by atoms with Gasteiger partial charge in [0.25, 0.3) is 0 Å². The van der Waals surface area contributed by atoms with Gasteiger partial charge in [-0.15, -0.1) is 0 Å². The van der Waals surface area contributed by atoms with Crippen LogP contribution in [0.2, 0.25) is 0 Å². The first-order valence-corrected chi connectivity index (χ1v) is 7.22. The van der Waals surface area contributed by atoms with Crippen molar-refractivity contribution in [3.05, 3.63) is 12.0 Å². The number of hydrogen-bond acceptors (Lipinski definition) is 5. The number of aliphatic hydroxyl groups is 1.